The summed E-state index contributed by atoms with van der Waals surface area (Å²) in [5.74, 6) is 1.59. The predicted molar refractivity (Wildman–Crippen MR) is 95.3 cm³/mol. The molecule has 0 radical (unpaired) electrons. The summed E-state index contributed by atoms with van der Waals surface area (Å²) in [4.78, 5) is 12.4. The predicted octanol–water partition coefficient (Wildman–Crippen LogP) is 3.75. The Morgan fingerprint density at radius 3 is 2.33 bits per heavy atom. The molecule has 0 aromatic heterocycles. The number of carbonyl (C=O) groups is 1. The molecule has 0 bridgehead atoms. The van der Waals surface area contributed by atoms with Crippen LogP contribution in [0.1, 0.15) is 17.0 Å². The number of fused-ring (bicyclic) bond motifs is 1. The fraction of sp³-hybridized carbons (Fsp3) is 0.278. The number of halogens is 1. The van der Waals surface area contributed by atoms with Gasteiger partial charge in [0.25, 0.3) is 0 Å². The quantitative estimate of drug-likeness (QED) is 0.842. The first-order valence-corrected chi connectivity index (χ1v) is 8.26. The first-order valence-electron chi connectivity index (χ1n) is 7.46. The van der Waals surface area contributed by atoms with E-state index >= 15 is 0 Å². The minimum absolute atomic E-state index is 0.0139. The molecule has 24 heavy (non-hydrogen) atoms. The van der Waals surface area contributed by atoms with Crippen LogP contribution in [-0.4, -0.2) is 27.2 Å². The SMILES string of the molecule is COc1cc(OC)c(OC)cc1C[C@@H]1C(=O)Nc2ccc(Br)cc21. The van der Waals surface area contributed by atoms with E-state index in [1.54, 1.807) is 27.4 Å². The molecule has 0 aliphatic carbocycles. The van der Waals surface area contributed by atoms with E-state index in [2.05, 4.69) is 21.2 Å². The van der Waals surface area contributed by atoms with Gasteiger partial charge in [0.1, 0.15) is 5.75 Å². The Balaban J connectivity index is 2.00. The Hall–Kier alpha value is -2.21. The molecule has 1 amide bonds. The highest BCUT2D eigenvalue weighted by molar-refractivity contribution is 9.10. The zero-order chi connectivity index (χ0) is 17.3. The number of nitrogens with one attached hydrogen (secondary N) is 1. The van der Waals surface area contributed by atoms with Gasteiger partial charge in [0.2, 0.25) is 5.91 Å². The Morgan fingerprint density at radius 1 is 1.00 bits per heavy atom. The Labute approximate surface area is 149 Å². The second kappa shape index (κ2) is 6.73. The summed E-state index contributed by atoms with van der Waals surface area (Å²) in [6, 6.07) is 9.44. The summed E-state index contributed by atoms with van der Waals surface area (Å²) in [6.07, 6.45) is 0.513. The molecular weight excluding hydrogens is 374 g/mol. The van der Waals surface area contributed by atoms with E-state index in [9.17, 15) is 4.79 Å². The van der Waals surface area contributed by atoms with Gasteiger partial charge in [0.05, 0.1) is 27.2 Å². The third kappa shape index (κ3) is 2.94. The molecule has 0 unspecified atom stereocenters. The van der Waals surface area contributed by atoms with Crippen LogP contribution in [0.2, 0.25) is 0 Å². The molecule has 0 fully saturated rings. The van der Waals surface area contributed by atoms with Crippen LogP contribution in [0.4, 0.5) is 5.69 Å². The number of ether oxygens (including phenoxy) is 3. The number of hydrogen-bond acceptors (Lipinski definition) is 4. The minimum Gasteiger partial charge on any atom is -0.496 e. The average Bonchev–Trinajstić information content (AvgIpc) is 2.89. The molecule has 0 saturated carbocycles. The van der Waals surface area contributed by atoms with Gasteiger partial charge in [-0.25, -0.2) is 0 Å². The Bertz CT molecular complexity index is 791. The van der Waals surface area contributed by atoms with Crippen LogP contribution >= 0.6 is 15.9 Å². The molecule has 0 saturated heterocycles. The highest BCUT2D eigenvalue weighted by Crippen LogP contribution is 2.41. The van der Waals surface area contributed by atoms with Crippen molar-refractivity contribution in [2.75, 3.05) is 26.6 Å². The zero-order valence-corrected chi connectivity index (χ0v) is 15.3. The van der Waals surface area contributed by atoms with Gasteiger partial charge in [-0.15, -0.1) is 0 Å². The molecule has 1 aliphatic rings. The number of anilines is 1. The van der Waals surface area contributed by atoms with Gasteiger partial charge in [-0.1, -0.05) is 15.9 Å². The third-order valence-corrected chi connectivity index (χ3v) is 4.67. The highest BCUT2D eigenvalue weighted by atomic mass is 79.9. The van der Waals surface area contributed by atoms with E-state index in [4.69, 9.17) is 14.2 Å². The first kappa shape index (κ1) is 16.6. The summed E-state index contributed by atoms with van der Waals surface area (Å²) in [5.41, 5.74) is 2.72. The molecular formula is C18H18BrNO4. The van der Waals surface area contributed by atoms with Crippen LogP contribution in [0.15, 0.2) is 34.8 Å². The number of carbonyl (C=O) groups excluding carboxylic acids is 1. The van der Waals surface area contributed by atoms with Crippen LogP contribution in [0.3, 0.4) is 0 Å². The maximum absolute atomic E-state index is 12.4. The van der Waals surface area contributed by atoms with E-state index in [0.29, 0.717) is 23.7 Å². The van der Waals surface area contributed by atoms with Gasteiger partial charge in [-0.3, -0.25) is 4.79 Å². The number of rotatable bonds is 5. The van der Waals surface area contributed by atoms with Gasteiger partial charge >= 0.3 is 0 Å². The lowest BCUT2D eigenvalue weighted by Crippen LogP contribution is -2.14. The number of benzene rings is 2. The zero-order valence-electron chi connectivity index (χ0n) is 13.7. The molecule has 6 heteroatoms. The van der Waals surface area contributed by atoms with Crippen LogP contribution in [0.25, 0.3) is 0 Å². The van der Waals surface area contributed by atoms with E-state index in [-0.39, 0.29) is 11.8 Å². The number of hydrogen-bond donors (Lipinski definition) is 1. The van der Waals surface area contributed by atoms with Crippen LogP contribution in [0.5, 0.6) is 17.2 Å². The number of methoxy groups -OCH3 is 3. The second-order valence-corrected chi connectivity index (χ2v) is 6.41. The number of amides is 1. The van der Waals surface area contributed by atoms with E-state index in [1.165, 1.54) is 0 Å². The van der Waals surface area contributed by atoms with Crippen LogP contribution in [0, 0.1) is 0 Å². The summed E-state index contributed by atoms with van der Waals surface area (Å²) >= 11 is 3.47. The summed E-state index contributed by atoms with van der Waals surface area (Å²) in [5, 5.41) is 2.93. The Kier molecular flexibility index (Phi) is 4.66. The maximum Gasteiger partial charge on any atom is 0.232 e. The maximum atomic E-state index is 12.4. The van der Waals surface area contributed by atoms with Crippen molar-refractivity contribution in [3.05, 3.63) is 45.9 Å². The minimum atomic E-state index is -0.274. The smallest absolute Gasteiger partial charge is 0.232 e. The van der Waals surface area contributed by atoms with Crippen LogP contribution < -0.4 is 19.5 Å². The van der Waals surface area contributed by atoms with Crippen molar-refractivity contribution < 1.29 is 19.0 Å². The first-order chi connectivity index (χ1) is 11.6. The molecule has 1 heterocycles. The largest absolute Gasteiger partial charge is 0.496 e. The Morgan fingerprint density at radius 2 is 1.67 bits per heavy atom. The van der Waals surface area contributed by atoms with Crippen molar-refractivity contribution in [3.8, 4) is 17.2 Å². The summed E-state index contributed by atoms with van der Waals surface area (Å²) in [6.45, 7) is 0. The van der Waals surface area contributed by atoms with Crippen molar-refractivity contribution in [2.24, 2.45) is 0 Å². The molecule has 1 aliphatic heterocycles. The van der Waals surface area contributed by atoms with Gasteiger partial charge in [0.15, 0.2) is 11.5 Å². The van der Waals surface area contributed by atoms with E-state index < -0.39 is 0 Å². The molecule has 2 aromatic carbocycles. The van der Waals surface area contributed by atoms with Crippen molar-refractivity contribution >= 4 is 27.5 Å². The third-order valence-electron chi connectivity index (χ3n) is 4.17. The van der Waals surface area contributed by atoms with Gasteiger partial charge in [-0.05, 0) is 41.8 Å². The lowest BCUT2D eigenvalue weighted by atomic mass is 9.92. The molecule has 1 atom stereocenters. The summed E-state index contributed by atoms with van der Waals surface area (Å²) < 4.78 is 17.1. The molecule has 0 spiro atoms. The summed E-state index contributed by atoms with van der Waals surface area (Å²) in [7, 11) is 4.77. The fourth-order valence-corrected chi connectivity index (χ4v) is 3.35. The fourth-order valence-electron chi connectivity index (χ4n) is 2.97. The second-order valence-electron chi connectivity index (χ2n) is 5.50. The molecule has 126 valence electrons. The van der Waals surface area contributed by atoms with Crippen LogP contribution in [-0.2, 0) is 11.2 Å². The lowest BCUT2D eigenvalue weighted by Gasteiger charge is -2.16. The van der Waals surface area contributed by atoms with Crippen molar-refractivity contribution in [1.29, 1.82) is 0 Å². The lowest BCUT2D eigenvalue weighted by molar-refractivity contribution is -0.117. The normalized spacial score (nSPS) is 15.7. The van der Waals surface area contributed by atoms with E-state index in [1.807, 2.05) is 24.3 Å². The standard InChI is InChI=1S/C18H18BrNO4/c1-22-15-9-17(24-3)16(23-2)7-10(15)6-13-12-8-11(19)4-5-14(12)20-18(13)21/h4-5,7-9,13H,6H2,1-3H3,(H,20,21)/t13-/m0/s1. The van der Waals surface area contributed by atoms with E-state index in [0.717, 1.165) is 21.3 Å². The van der Waals surface area contributed by atoms with Gasteiger partial charge in [-0.2, -0.15) is 0 Å². The van der Waals surface area contributed by atoms with Gasteiger partial charge < -0.3 is 19.5 Å². The molecule has 1 N–H and O–H groups in total. The van der Waals surface area contributed by atoms with Crippen molar-refractivity contribution in [3.63, 3.8) is 0 Å². The topological polar surface area (TPSA) is 56.8 Å². The highest BCUT2D eigenvalue weighted by Gasteiger charge is 2.31. The molecule has 3 rings (SSSR count). The molecule has 2 aromatic rings. The monoisotopic (exact) mass is 391 g/mol. The van der Waals surface area contributed by atoms with Crippen molar-refractivity contribution in [2.45, 2.75) is 12.3 Å². The molecule has 5 nitrogen and oxygen atoms in total. The van der Waals surface area contributed by atoms with Gasteiger partial charge in [0, 0.05) is 16.2 Å². The average molecular weight is 392 g/mol. The van der Waals surface area contributed by atoms with Crippen molar-refractivity contribution in [1.82, 2.24) is 0 Å².